The van der Waals surface area contributed by atoms with Gasteiger partial charge in [0.25, 0.3) is 0 Å². The molecule has 0 aliphatic rings. The molecule has 0 radical (unpaired) electrons. The highest BCUT2D eigenvalue weighted by Gasteiger charge is 2.19. The molecule has 0 aromatic heterocycles. The number of aryl methyl sites for hydroxylation is 1. The Morgan fingerprint density at radius 3 is 2.23 bits per heavy atom. The number of amides is 1. The first kappa shape index (κ1) is 31.1. The second kappa shape index (κ2) is 16.0. The minimum atomic E-state index is -0.999. The number of carbonyl (C=O) groups excluding carboxylic acids is 1. The molecule has 1 N–H and O–H groups in total. The van der Waals surface area contributed by atoms with Gasteiger partial charge in [0.2, 0.25) is 0 Å². The van der Waals surface area contributed by atoms with E-state index in [0.717, 1.165) is 11.1 Å². The molecule has 0 saturated heterocycles. The fourth-order valence-corrected chi connectivity index (χ4v) is 4.32. The number of para-hydroxylation sites is 1. The number of carbonyl (C=O) groups is 2. The van der Waals surface area contributed by atoms with Gasteiger partial charge in [-0.3, -0.25) is 0 Å². The summed E-state index contributed by atoms with van der Waals surface area (Å²) in [5.41, 5.74) is 1.67. The predicted octanol–water partition coefficient (Wildman–Crippen LogP) is 6.68. The van der Waals surface area contributed by atoms with E-state index in [2.05, 4.69) is 0 Å². The lowest BCUT2D eigenvalue weighted by atomic mass is 10.1. The molecule has 0 saturated carbocycles. The van der Waals surface area contributed by atoms with Crippen LogP contribution in [0.5, 0.6) is 17.2 Å². The Bertz CT molecular complexity index is 1230. The van der Waals surface area contributed by atoms with Crippen molar-refractivity contribution in [3.63, 3.8) is 0 Å². The molecule has 3 rings (SSSR count). The van der Waals surface area contributed by atoms with E-state index in [1.807, 2.05) is 25.1 Å². The number of hydrogen-bond donors (Lipinski definition) is 1. The summed E-state index contributed by atoms with van der Waals surface area (Å²) in [6.07, 6.45) is -0.600. The topological polar surface area (TPSA) is 94.5 Å². The van der Waals surface area contributed by atoms with E-state index in [1.54, 1.807) is 60.4 Å². The molecule has 0 fully saturated rings. The van der Waals surface area contributed by atoms with Crippen LogP contribution in [0.2, 0.25) is 10.0 Å². The first-order valence-electron chi connectivity index (χ1n) is 12.9. The van der Waals surface area contributed by atoms with Crippen molar-refractivity contribution < 1.29 is 33.6 Å². The Morgan fingerprint density at radius 1 is 0.900 bits per heavy atom. The molecule has 1 unspecified atom stereocenters. The zero-order valence-corrected chi connectivity index (χ0v) is 24.0. The number of carboxylic acid groups (broad SMARTS) is 1. The van der Waals surface area contributed by atoms with Crippen LogP contribution in [0.4, 0.5) is 4.79 Å². The van der Waals surface area contributed by atoms with Crippen molar-refractivity contribution in [1.29, 1.82) is 0 Å². The highest BCUT2D eigenvalue weighted by molar-refractivity contribution is 6.34. The number of benzene rings is 3. The van der Waals surface area contributed by atoms with Crippen molar-refractivity contribution in [2.45, 2.75) is 32.8 Å². The lowest BCUT2D eigenvalue weighted by Crippen LogP contribution is -2.38. The molecule has 0 bridgehead atoms. The molecule has 0 aliphatic heterocycles. The number of halogens is 2. The summed E-state index contributed by atoms with van der Waals surface area (Å²) in [7, 11) is 0. The van der Waals surface area contributed by atoms with E-state index in [0.29, 0.717) is 53.5 Å². The Labute approximate surface area is 244 Å². The van der Waals surface area contributed by atoms with Gasteiger partial charge in [-0.25, -0.2) is 9.59 Å². The van der Waals surface area contributed by atoms with Crippen LogP contribution in [0.25, 0.3) is 0 Å². The number of aliphatic carboxylic acids is 1. The maximum atomic E-state index is 13.0. The zero-order chi connectivity index (χ0) is 28.9. The molecule has 1 atom stereocenters. The van der Waals surface area contributed by atoms with E-state index < -0.39 is 18.2 Å². The van der Waals surface area contributed by atoms with E-state index in [-0.39, 0.29) is 19.6 Å². The summed E-state index contributed by atoms with van der Waals surface area (Å²) >= 11 is 12.1. The van der Waals surface area contributed by atoms with Gasteiger partial charge in [0.05, 0.1) is 13.2 Å². The molecular weight excluding hydrogens is 557 g/mol. The van der Waals surface area contributed by atoms with E-state index >= 15 is 0 Å². The number of nitrogens with zero attached hydrogens (tertiary/aromatic N) is 1. The third-order valence-electron chi connectivity index (χ3n) is 5.84. The van der Waals surface area contributed by atoms with Crippen molar-refractivity contribution in [2.24, 2.45) is 0 Å². The van der Waals surface area contributed by atoms with Crippen molar-refractivity contribution >= 4 is 35.3 Å². The van der Waals surface area contributed by atoms with Gasteiger partial charge < -0.3 is 29.0 Å². The molecule has 40 heavy (non-hydrogen) atoms. The third kappa shape index (κ3) is 10.3. The highest BCUT2D eigenvalue weighted by atomic mass is 35.5. The summed E-state index contributed by atoms with van der Waals surface area (Å²) in [6.45, 7) is 5.17. The van der Waals surface area contributed by atoms with Crippen molar-refractivity contribution in [1.82, 2.24) is 4.90 Å². The van der Waals surface area contributed by atoms with Gasteiger partial charge in [0, 0.05) is 29.6 Å². The first-order valence-corrected chi connectivity index (χ1v) is 13.7. The summed E-state index contributed by atoms with van der Waals surface area (Å²) in [5, 5.41) is 10.2. The molecule has 1 amide bonds. The van der Waals surface area contributed by atoms with Crippen LogP contribution < -0.4 is 14.2 Å². The molecule has 3 aromatic rings. The van der Waals surface area contributed by atoms with E-state index in [9.17, 15) is 14.7 Å². The van der Waals surface area contributed by atoms with Crippen LogP contribution in [0.1, 0.15) is 24.5 Å². The van der Waals surface area contributed by atoms with Gasteiger partial charge in [-0.15, -0.1) is 0 Å². The van der Waals surface area contributed by atoms with Crippen LogP contribution in [0.15, 0.2) is 66.7 Å². The molecule has 0 spiro atoms. The van der Waals surface area contributed by atoms with Crippen molar-refractivity contribution in [2.75, 3.05) is 32.9 Å². The Hall–Kier alpha value is -3.46. The Morgan fingerprint density at radius 2 is 1.57 bits per heavy atom. The molecule has 10 heteroatoms. The minimum Gasteiger partial charge on any atom is -0.493 e. The quantitative estimate of drug-likeness (QED) is 0.197. The normalized spacial score (nSPS) is 11.5. The molecule has 8 nitrogen and oxygen atoms in total. The number of carboxylic acids is 1. The number of rotatable bonds is 15. The minimum absolute atomic E-state index is 0.226. The summed E-state index contributed by atoms with van der Waals surface area (Å²) < 4.78 is 22.5. The standard InChI is InChI=1S/C30H33Cl2NO7/c1-3-37-28(29(34)35)17-22-9-11-25(12-10-22)39-16-14-33(30(36)40-27-8-5-4-7-21(27)2)13-6-15-38-26-19-23(31)18-24(32)20-26/h4-5,7-12,18-20,28H,3,6,13-17H2,1-2H3,(H,34,35). The number of hydrogen-bond acceptors (Lipinski definition) is 6. The zero-order valence-electron chi connectivity index (χ0n) is 22.5. The van der Waals surface area contributed by atoms with Crippen LogP contribution in [0, 0.1) is 6.92 Å². The van der Waals surface area contributed by atoms with E-state index in [4.69, 9.17) is 42.1 Å². The van der Waals surface area contributed by atoms with Crippen LogP contribution >= 0.6 is 23.2 Å². The number of ether oxygens (including phenoxy) is 4. The summed E-state index contributed by atoms with van der Waals surface area (Å²) in [5.74, 6) is 0.641. The fourth-order valence-electron chi connectivity index (χ4n) is 3.81. The summed E-state index contributed by atoms with van der Waals surface area (Å²) in [4.78, 5) is 25.9. The SMILES string of the molecule is CCOC(Cc1ccc(OCCN(CCCOc2cc(Cl)cc(Cl)c2)C(=O)Oc2ccccc2C)cc1)C(=O)O. The average Bonchev–Trinajstić information content (AvgIpc) is 2.91. The monoisotopic (exact) mass is 589 g/mol. The van der Waals surface area contributed by atoms with Gasteiger partial charge in [0.15, 0.2) is 6.10 Å². The molecule has 3 aromatic carbocycles. The van der Waals surface area contributed by atoms with E-state index in [1.165, 1.54) is 0 Å². The lowest BCUT2D eigenvalue weighted by Gasteiger charge is -2.23. The Balaban J connectivity index is 1.56. The Kier molecular flexibility index (Phi) is 12.4. The molecule has 214 valence electrons. The van der Waals surface area contributed by atoms with Crippen molar-refractivity contribution in [3.05, 3.63) is 87.9 Å². The average molecular weight is 591 g/mol. The van der Waals surface area contributed by atoms with Gasteiger partial charge in [-0.1, -0.05) is 53.5 Å². The molecular formula is C30H33Cl2NO7. The van der Waals surface area contributed by atoms with Gasteiger partial charge in [-0.05, 0) is 67.8 Å². The van der Waals surface area contributed by atoms with Crippen LogP contribution in [-0.2, 0) is 16.0 Å². The van der Waals surface area contributed by atoms with Gasteiger partial charge in [0.1, 0.15) is 23.9 Å². The highest BCUT2D eigenvalue weighted by Crippen LogP contribution is 2.24. The largest absolute Gasteiger partial charge is 0.493 e. The second-order valence-electron chi connectivity index (χ2n) is 8.91. The third-order valence-corrected chi connectivity index (χ3v) is 6.28. The molecule has 0 aliphatic carbocycles. The van der Waals surface area contributed by atoms with Crippen LogP contribution in [0.3, 0.4) is 0 Å². The smallest absolute Gasteiger partial charge is 0.415 e. The molecule has 0 heterocycles. The fraction of sp³-hybridized carbons (Fsp3) is 0.333. The second-order valence-corrected chi connectivity index (χ2v) is 9.78. The van der Waals surface area contributed by atoms with Crippen LogP contribution in [-0.4, -0.2) is 61.1 Å². The predicted molar refractivity (Wildman–Crippen MR) is 154 cm³/mol. The van der Waals surface area contributed by atoms with Crippen molar-refractivity contribution in [3.8, 4) is 17.2 Å². The van der Waals surface area contributed by atoms with Gasteiger partial charge >= 0.3 is 12.1 Å². The first-order chi connectivity index (χ1) is 19.2. The lowest BCUT2D eigenvalue weighted by molar-refractivity contribution is -0.149. The van der Waals surface area contributed by atoms with Gasteiger partial charge in [-0.2, -0.15) is 0 Å². The summed E-state index contributed by atoms with van der Waals surface area (Å²) in [6, 6.07) is 19.4. The maximum Gasteiger partial charge on any atom is 0.415 e. The maximum absolute atomic E-state index is 13.0.